The number of aliphatic hydroxyl groups is 1. The third-order valence-electron chi connectivity index (χ3n) is 3.90. The van der Waals surface area contributed by atoms with Gasteiger partial charge in [0.25, 0.3) is 0 Å². The molecule has 1 rings (SSSR count). The minimum Gasteiger partial charge on any atom is -0.427 e. The number of aliphatic hydroxyl groups excluding tert-OH is 1. The summed E-state index contributed by atoms with van der Waals surface area (Å²) < 4.78 is 10.1. The Morgan fingerprint density at radius 3 is 2.40 bits per heavy atom. The van der Waals surface area contributed by atoms with Crippen LogP contribution in [0.15, 0.2) is 11.6 Å². The lowest BCUT2D eigenvalue weighted by atomic mass is 10.0. The lowest BCUT2D eigenvalue weighted by molar-refractivity contribution is -0.218. The summed E-state index contributed by atoms with van der Waals surface area (Å²) in [7, 11) is 1.43. The first kappa shape index (κ1) is 17.2. The van der Waals surface area contributed by atoms with Crippen molar-refractivity contribution in [3.8, 4) is 0 Å². The lowest BCUT2D eigenvalue weighted by Crippen LogP contribution is -2.38. The third kappa shape index (κ3) is 4.60. The van der Waals surface area contributed by atoms with Crippen molar-refractivity contribution in [3.05, 3.63) is 11.6 Å². The quantitative estimate of drug-likeness (QED) is 0.401. The van der Waals surface area contributed by atoms with E-state index in [4.69, 9.17) is 9.47 Å². The van der Waals surface area contributed by atoms with Crippen LogP contribution in [0.25, 0.3) is 0 Å². The summed E-state index contributed by atoms with van der Waals surface area (Å²) in [5, 5.41) is 10.0. The molecule has 0 aliphatic carbocycles. The molecule has 0 aromatic carbocycles. The highest BCUT2D eigenvalue weighted by atomic mass is 16.7. The van der Waals surface area contributed by atoms with Crippen LogP contribution in [-0.2, 0) is 14.3 Å². The number of methoxy groups -OCH3 is 1. The maximum atomic E-state index is 11.7. The zero-order valence-electron chi connectivity index (χ0n) is 13.0. The fourth-order valence-corrected chi connectivity index (χ4v) is 2.40. The average Bonchev–Trinajstić information content (AvgIpc) is 2.65. The van der Waals surface area contributed by atoms with Crippen LogP contribution in [0, 0.1) is 0 Å². The van der Waals surface area contributed by atoms with Gasteiger partial charge in [-0.05, 0) is 12.8 Å². The van der Waals surface area contributed by atoms with Crippen LogP contribution in [0.3, 0.4) is 0 Å². The van der Waals surface area contributed by atoms with Crippen molar-refractivity contribution in [3.63, 3.8) is 0 Å². The first-order valence-corrected chi connectivity index (χ1v) is 7.71. The predicted molar refractivity (Wildman–Crippen MR) is 78.2 cm³/mol. The van der Waals surface area contributed by atoms with Crippen LogP contribution in [0.5, 0.6) is 0 Å². The Hall–Kier alpha value is -0.870. The van der Waals surface area contributed by atoms with Crippen molar-refractivity contribution in [2.45, 2.75) is 77.1 Å². The molecule has 4 nitrogen and oxygen atoms in total. The highest BCUT2D eigenvalue weighted by molar-refractivity contribution is 5.92. The average molecular weight is 284 g/mol. The zero-order chi connectivity index (χ0) is 15.0. The molecule has 4 heteroatoms. The molecule has 0 radical (unpaired) electrons. The van der Waals surface area contributed by atoms with E-state index in [1.165, 1.54) is 45.6 Å². The monoisotopic (exact) mass is 284 g/mol. The Balaban J connectivity index is 2.27. The van der Waals surface area contributed by atoms with Crippen molar-refractivity contribution in [2.75, 3.05) is 7.11 Å². The fraction of sp³-hybridized carbons (Fsp3) is 0.812. The Kier molecular flexibility index (Phi) is 7.24. The molecular weight excluding hydrogens is 256 g/mol. The molecule has 1 fully saturated rings. The van der Waals surface area contributed by atoms with Gasteiger partial charge in [0.05, 0.1) is 5.57 Å². The van der Waals surface area contributed by atoms with E-state index in [0.717, 1.165) is 12.8 Å². The van der Waals surface area contributed by atoms with Crippen LogP contribution in [-0.4, -0.2) is 30.1 Å². The molecular formula is C16H28O4. The second kappa shape index (κ2) is 8.42. The van der Waals surface area contributed by atoms with Gasteiger partial charge in [0.2, 0.25) is 5.79 Å². The highest BCUT2D eigenvalue weighted by Gasteiger charge is 2.48. The van der Waals surface area contributed by atoms with Gasteiger partial charge in [0, 0.05) is 14.0 Å². The van der Waals surface area contributed by atoms with E-state index in [9.17, 15) is 9.90 Å². The molecule has 20 heavy (non-hydrogen) atoms. The van der Waals surface area contributed by atoms with Gasteiger partial charge in [0.1, 0.15) is 0 Å². The molecule has 1 saturated heterocycles. The Morgan fingerprint density at radius 2 is 1.85 bits per heavy atom. The summed E-state index contributed by atoms with van der Waals surface area (Å²) in [4.78, 5) is 11.7. The van der Waals surface area contributed by atoms with E-state index in [0.29, 0.717) is 5.57 Å². The minimum absolute atomic E-state index is 0.334. The van der Waals surface area contributed by atoms with Gasteiger partial charge in [-0.15, -0.1) is 0 Å². The summed E-state index contributed by atoms with van der Waals surface area (Å²) in [5.41, 5.74) is 0.334. The molecule has 0 bridgehead atoms. The number of carbonyl (C=O) groups is 1. The first-order chi connectivity index (χ1) is 9.55. The smallest absolute Gasteiger partial charge is 0.339 e. The number of unbranched alkanes of at least 4 members (excludes halogenated alkanes) is 7. The van der Waals surface area contributed by atoms with Gasteiger partial charge in [-0.2, -0.15) is 0 Å². The van der Waals surface area contributed by atoms with Gasteiger partial charge in [-0.1, -0.05) is 51.5 Å². The molecule has 1 N–H and O–H groups in total. The molecule has 0 aromatic heterocycles. The summed E-state index contributed by atoms with van der Waals surface area (Å²) >= 11 is 0. The van der Waals surface area contributed by atoms with E-state index in [-0.39, 0.29) is 0 Å². The van der Waals surface area contributed by atoms with Gasteiger partial charge < -0.3 is 14.6 Å². The number of carbonyl (C=O) groups excluding carboxylic acids is 1. The van der Waals surface area contributed by atoms with Gasteiger partial charge in [-0.25, -0.2) is 4.79 Å². The maximum Gasteiger partial charge on any atom is 0.339 e. The molecule has 0 amide bonds. The summed E-state index contributed by atoms with van der Waals surface area (Å²) in [6, 6.07) is 0. The Labute approximate surface area is 122 Å². The topological polar surface area (TPSA) is 55.8 Å². The SMILES string of the molecule is CCCCCCCCCC=C1C(=O)O[C@@](C)(OC)[C@H]1O. The van der Waals surface area contributed by atoms with Crippen molar-refractivity contribution in [1.29, 1.82) is 0 Å². The Bertz CT molecular complexity index is 337. The molecule has 116 valence electrons. The van der Waals surface area contributed by atoms with Gasteiger partial charge in [-0.3, -0.25) is 0 Å². The van der Waals surface area contributed by atoms with Crippen molar-refractivity contribution in [2.24, 2.45) is 0 Å². The predicted octanol–water partition coefficient (Wildman–Crippen LogP) is 3.33. The molecule has 1 aliphatic heterocycles. The van der Waals surface area contributed by atoms with Crippen LogP contribution in [0.2, 0.25) is 0 Å². The third-order valence-corrected chi connectivity index (χ3v) is 3.90. The number of hydrogen-bond acceptors (Lipinski definition) is 4. The van der Waals surface area contributed by atoms with Crippen molar-refractivity contribution < 1.29 is 19.4 Å². The normalized spacial score (nSPS) is 28.1. The largest absolute Gasteiger partial charge is 0.427 e. The van der Waals surface area contributed by atoms with Crippen LogP contribution >= 0.6 is 0 Å². The standard InChI is InChI=1S/C16H28O4/c1-4-5-6-7-8-9-10-11-12-13-14(17)16(2,19-3)20-15(13)18/h12,14,17H,4-11H2,1-3H3/t14-,16+/m0/s1. The Morgan fingerprint density at radius 1 is 1.25 bits per heavy atom. The van der Waals surface area contributed by atoms with Crippen LogP contribution < -0.4 is 0 Å². The van der Waals surface area contributed by atoms with Crippen molar-refractivity contribution >= 4 is 5.97 Å². The second-order valence-corrected chi connectivity index (χ2v) is 5.58. The molecule has 0 spiro atoms. The highest BCUT2D eigenvalue weighted by Crippen LogP contribution is 2.31. The fourth-order valence-electron chi connectivity index (χ4n) is 2.40. The first-order valence-electron chi connectivity index (χ1n) is 7.71. The molecule has 2 atom stereocenters. The van der Waals surface area contributed by atoms with Crippen LogP contribution in [0.4, 0.5) is 0 Å². The zero-order valence-corrected chi connectivity index (χ0v) is 13.0. The minimum atomic E-state index is -1.23. The summed E-state index contributed by atoms with van der Waals surface area (Å²) in [6.45, 7) is 3.79. The van der Waals surface area contributed by atoms with E-state index < -0.39 is 17.9 Å². The molecule has 0 aromatic rings. The number of cyclic esters (lactones) is 1. The van der Waals surface area contributed by atoms with Crippen LogP contribution in [0.1, 0.15) is 65.2 Å². The number of ether oxygens (including phenoxy) is 2. The number of rotatable bonds is 9. The molecule has 0 saturated carbocycles. The van der Waals surface area contributed by atoms with E-state index in [2.05, 4.69) is 6.92 Å². The van der Waals surface area contributed by atoms with Gasteiger partial charge in [0.15, 0.2) is 6.10 Å². The van der Waals surface area contributed by atoms with Gasteiger partial charge >= 0.3 is 5.97 Å². The summed E-state index contributed by atoms with van der Waals surface area (Å²) in [6.07, 6.45) is 10.2. The molecule has 0 unspecified atom stereocenters. The van der Waals surface area contributed by atoms with E-state index in [1.807, 2.05) is 0 Å². The maximum absolute atomic E-state index is 11.7. The lowest BCUT2D eigenvalue weighted by Gasteiger charge is -2.23. The number of allylic oxidation sites excluding steroid dienone is 1. The summed E-state index contributed by atoms with van der Waals surface area (Å²) in [5.74, 6) is -1.70. The van der Waals surface area contributed by atoms with Crippen molar-refractivity contribution in [1.82, 2.24) is 0 Å². The number of esters is 1. The number of hydrogen-bond donors (Lipinski definition) is 1. The van der Waals surface area contributed by atoms with E-state index in [1.54, 1.807) is 13.0 Å². The second-order valence-electron chi connectivity index (χ2n) is 5.58. The van der Waals surface area contributed by atoms with E-state index >= 15 is 0 Å². The molecule has 1 aliphatic rings. The molecule has 1 heterocycles.